The maximum atomic E-state index is 4.60. The molecule has 19 heavy (non-hydrogen) atoms. The summed E-state index contributed by atoms with van der Waals surface area (Å²) in [6.07, 6.45) is 3.26. The van der Waals surface area contributed by atoms with Crippen LogP contribution in [0, 0.1) is 0 Å². The van der Waals surface area contributed by atoms with Crippen LogP contribution in [0.25, 0.3) is 0 Å². The Morgan fingerprint density at radius 1 is 1.42 bits per heavy atom. The molecule has 0 radical (unpaired) electrons. The minimum atomic E-state index is 0.411. The second-order valence-electron chi connectivity index (χ2n) is 5.99. The Bertz CT molecular complexity index is 401. The number of nitrogens with one attached hydrogen (secondary N) is 1. The lowest BCUT2D eigenvalue weighted by Gasteiger charge is -2.22. The largest absolute Gasteiger partial charge is 0.347 e. The summed E-state index contributed by atoms with van der Waals surface area (Å²) in [5.41, 5.74) is 0. The van der Waals surface area contributed by atoms with Crippen molar-refractivity contribution < 1.29 is 0 Å². The van der Waals surface area contributed by atoms with Crippen LogP contribution in [-0.4, -0.2) is 34.6 Å². The first-order chi connectivity index (χ1) is 8.96. The quantitative estimate of drug-likeness (QED) is 0.923. The van der Waals surface area contributed by atoms with E-state index in [-0.39, 0.29) is 0 Å². The Balaban J connectivity index is 1.94. The van der Waals surface area contributed by atoms with Crippen LogP contribution in [0.3, 0.4) is 0 Å². The van der Waals surface area contributed by atoms with E-state index in [1.807, 2.05) is 17.5 Å². The minimum absolute atomic E-state index is 0.411. The van der Waals surface area contributed by atoms with Gasteiger partial charge in [0.2, 0.25) is 0 Å². The van der Waals surface area contributed by atoms with Crippen LogP contribution < -0.4 is 10.2 Å². The monoisotopic (exact) mass is 299 g/mol. The SMILES string of the molecule is CC(C)NCc1cnc(N2CCSC(C)(C)CC2)s1. The van der Waals surface area contributed by atoms with Crippen molar-refractivity contribution in [3.8, 4) is 0 Å². The third-order valence-corrected chi connectivity index (χ3v) is 5.76. The maximum Gasteiger partial charge on any atom is 0.185 e. The standard InChI is InChI=1S/C14H25N3S2/c1-11(2)15-9-12-10-16-13(19-12)17-6-5-14(3,4)18-8-7-17/h10-11,15H,5-9H2,1-4H3. The van der Waals surface area contributed by atoms with Gasteiger partial charge in [0.1, 0.15) is 0 Å². The van der Waals surface area contributed by atoms with Crippen molar-refractivity contribution >= 4 is 28.2 Å². The normalized spacial score (nSPS) is 19.7. The van der Waals surface area contributed by atoms with Gasteiger partial charge < -0.3 is 10.2 Å². The summed E-state index contributed by atoms with van der Waals surface area (Å²) >= 11 is 3.92. The van der Waals surface area contributed by atoms with Gasteiger partial charge in [0, 0.05) is 47.2 Å². The zero-order chi connectivity index (χ0) is 13.9. The molecule has 0 aliphatic carbocycles. The molecule has 0 unspecified atom stereocenters. The zero-order valence-electron chi connectivity index (χ0n) is 12.4. The lowest BCUT2D eigenvalue weighted by Crippen LogP contribution is -2.26. The van der Waals surface area contributed by atoms with E-state index in [9.17, 15) is 0 Å². The van der Waals surface area contributed by atoms with Crippen LogP contribution in [-0.2, 0) is 6.54 Å². The number of hydrogen-bond donors (Lipinski definition) is 1. The van der Waals surface area contributed by atoms with E-state index in [0.717, 1.165) is 19.6 Å². The molecule has 1 aromatic heterocycles. The van der Waals surface area contributed by atoms with Crippen molar-refractivity contribution in [3.63, 3.8) is 0 Å². The van der Waals surface area contributed by atoms with Crippen molar-refractivity contribution in [2.45, 2.75) is 51.4 Å². The van der Waals surface area contributed by atoms with Gasteiger partial charge in [0.15, 0.2) is 5.13 Å². The van der Waals surface area contributed by atoms with Crippen LogP contribution in [0.4, 0.5) is 5.13 Å². The first-order valence-corrected chi connectivity index (χ1v) is 8.83. The Kier molecular flexibility index (Phi) is 5.15. The molecule has 5 heteroatoms. The van der Waals surface area contributed by atoms with Gasteiger partial charge in [0.25, 0.3) is 0 Å². The summed E-state index contributed by atoms with van der Waals surface area (Å²) in [4.78, 5) is 8.39. The molecule has 1 saturated heterocycles. The van der Waals surface area contributed by atoms with Crippen molar-refractivity contribution in [3.05, 3.63) is 11.1 Å². The van der Waals surface area contributed by atoms with Gasteiger partial charge in [-0.2, -0.15) is 11.8 Å². The minimum Gasteiger partial charge on any atom is -0.347 e. The highest BCUT2D eigenvalue weighted by Gasteiger charge is 2.24. The molecule has 1 aliphatic rings. The number of thiazole rings is 1. The van der Waals surface area contributed by atoms with E-state index < -0.39 is 0 Å². The molecular weight excluding hydrogens is 274 g/mol. The van der Waals surface area contributed by atoms with Crippen molar-refractivity contribution in [2.75, 3.05) is 23.7 Å². The predicted octanol–water partition coefficient (Wildman–Crippen LogP) is 3.36. The highest BCUT2D eigenvalue weighted by molar-refractivity contribution is 8.00. The van der Waals surface area contributed by atoms with E-state index in [1.165, 1.54) is 22.2 Å². The first-order valence-electron chi connectivity index (χ1n) is 7.03. The van der Waals surface area contributed by atoms with Gasteiger partial charge in [-0.25, -0.2) is 4.98 Å². The average molecular weight is 300 g/mol. The molecule has 0 aromatic carbocycles. The summed E-state index contributed by atoms with van der Waals surface area (Å²) < 4.78 is 0.411. The van der Waals surface area contributed by atoms with Gasteiger partial charge in [-0.05, 0) is 6.42 Å². The van der Waals surface area contributed by atoms with Gasteiger partial charge in [0.05, 0.1) is 0 Å². The fourth-order valence-corrected chi connectivity index (χ4v) is 4.05. The average Bonchev–Trinajstić information content (AvgIpc) is 2.72. The molecule has 2 heterocycles. The molecule has 1 N–H and O–H groups in total. The Morgan fingerprint density at radius 2 is 2.21 bits per heavy atom. The lowest BCUT2D eigenvalue weighted by atomic mass is 10.1. The second kappa shape index (κ2) is 6.46. The topological polar surface area (TPSA) is 28.2 Å². The number of rotatable bonds is 4. The van der Waals surface area contributed by atoms with Crippen LogP contribution in [0.1, 0.15) is 39.0 Å². The van der Waals surface area contributed by atoms with E-state index in [1.54, 1.807) is 0 Å². The van der Waals surface area contributed by atoms with Gasteiger partial charge >= 0.3 is 0 Å². The summed E-state index contributed by atoms with van der Waals surface area (Å²) in [5.74, 6) is 1.20. The van der Waals surface area contributed by atoms with Gasteiger partial charge in [-0.1, -0.05) is 27.7 Å². The molecule has 0 atom stereocenters. The first kappa shape index (κ1) is 15.1. The highest BCUT2D eigenvalue weighted by atomic mass is 32.2. The number of thioether (sulfide) groups is 1. The summed E-state index contributed by atoms with van der Waals surface area (Å²) in [6.45, 7) is 12.2. The fraction of sp³-hybridized carbons (Fsp3) is 0.786. The Labute approximate surface area is 125 Å². The van der Waals surface area contributed by atoms with E-state index >= 15 is 0 Å². The zero-order valence-corrected chi connectivity index (χ0v) is 14.0. The molecule has 0 bridgehead atoms. The summed E-state index contributed by atoms with van der Waals surface area (Å²) in [7, 11) is 0. The predicted molar refractivity (Wildman–Crippen MR) is 87.5 cm³/mol. The molecule has 1 fully saturated rings. The van der Waals surface area contributed by atoms with Crippen molar-refractivity contribution in [1.82, 2.24) is 10.3 Å². The number of aromatic nitrogens is 1. The Morgan fingerprint density at radius 3 is 2.95 bits per heavy atom. The third-order valence-electron chi connectivity index (χ3n) is 3.33. The molecule has 0 spiro atoms. The number of anilines is 1. The van der Waals surface area contributed by atoms with E-state index in [0.29, 0.717) is 10.8 Å². The van der Waals surface area contributed by atoms with Gasteiger partial charge in [-0.15, -0.1) is 11.3 Å². The number of nitrogens with zero attached hydrogens (tertiary/aromatic N) is 2. The summed E-state index contributed by atoms with van der Waals surface area (Å²) in [6, 6.07) is 0.529. The van der Waals surface area contributed by atoms with E-state index in [2.05, 4.69) is 54.7 Å². The van der Waals surface area contributed by atoms with Gasteiger partial charge in [-0.3, -0.25) is 0 Å². The second-order valence-corrected chi connectivity index (χ2v) is 8.89. The lowest BCUT2D eigenvalue weighted by molar-refractivity contribution is 0.593. The van der Waals surface area contributed by atoms with E-state index in [4.69, 9.17) is 0 Å². The molecule has 0 amide bonds. The smallest absolute Gasteiger partial charge is 0.185 e. The third kappa shape index (κ3) is 4.65. The van der Waals surface area contributed by atoms with Crippen LogP contribution in [0.2, 0.25) is 0 Å². The highest BCUT2D eigenvalue weighted by Crippen LogP contribution is 2.33. The van der Waals surface area contributed by atoms with Crippen LogP contribution in [0.15, 0.2) is 6.20 Å². The number of hydrogen-bond acceptors (Lipinski definition) is 5. The maximum absolute atomic E-state index is 4.60. The van der Waals surface area contributed by atoms with Crippen molar-refractivity contribution in [1.29, 1.82) is 0 Å². The molecule has 108 valence electrons. The molecular formula is C14H25N3S2. The summed E-state index contributed by atoms with van der Waals surface area (Å²) in [5, 5.41) is 4.64. The molecule has 1 aliphatic heterocycles. The Hall–Kier alpha value is -0.260. The fourth-order valence-electron chi connectivity index (χ4n) is 2.04. The van der Waals surface area contributed by atoms with Crippen molar-refractivity contribution in [2.24, 2.45) is 0 Å². The molecule has 2 rings (SSSR count). The molecule has 3 nitrogen and oxygen atoms in total. The molecule has 1 aromatic rings. The van der Waals surface area contributed by atoms with Crippen LogP contribution in [0.5, 0.6) is 0 Å². The van der Waals surface area contributed by atoms with Crippen LogP contribution >= 0.6 is 23.1 Å². The molecule has 0 saturated carbocycles.